The summed E-state index contributed by atoms with van der Waals surface area (Å²) in [5, 5.41) is 18.4. The Morgan fingerprint density at radius 1 is 1.29 bits per heavy atom. The van der Waals surface area contributed by atoms with Gasteiger partial charge in [-0.1, -0.05) is 19.3 Å². The second-order valence-corrected chi connectivity index (χ2v) is 7.61. The smallest absolute Gasteiger partial charge is 0.191 e. The molecule has 0 bridgehead atoms. The van der Waals surface area contributed by atoms with E-state index in [1.54, 1.807) is 11.3 Å². The molecule has 1 aromatic rings. The van der Waals surface area contributed by atoms with Crippen LogP contribution in [-0.4, -0.2) is 30.8 Å². The molecule has 1 heterocycles. The molecule has 0 aromatic carbocycles. The van der Waals surface area contributed by atoms with Gasteiger partial charge in [-0.05, 0) is 55.5 Å². The summed E-state index contributed by atoms with van der Waals surface area (Å²) >= 11 is 1.77. The molecular weight excluding hydrogens is 433 g/mol. The zero-order valence-electron chi connectivity index (χ0n) is 14.9. The standard InChI is InChI=1S/C18H31N3OS.HI/c1-3-19-17(20-13-16-15(2)7-12-23-16)21-14-18(10-11-22)8-5-4-6-9-18;/h7,12,22H,3-6,8-11,13-14H2,1-2H3,(H2,19,20,21);1H. The van der Waals surface area contributed by atoms with Crippen molar-refractivity contribution in [2.75, 3.05) is 19.7 Å². The minimum absolute atomic E-state index is 0. The molecule has 0 atom stereocenters. The molecule has 3 N–H and O–H groups in total. The van der Waals surface area contributed by atoms with Crippen LogP contribution in [-0.2, 0) is 6.54 Å². The van der Waals surface area contributed by atoms with Gasteiger partial charge in [0.15, 0.2) is 5.96 Å². The van der Waals surface area contributed by atoms with E-state index in [-0.39, 0.29) is 36.0 Å². The number of aliphatic hydroxyl groups excluding tert-OH is 1. The minimum Gasteiger partial charge on any atom is -0.396 e. The van der Waals surface area contributed by atoms with Crippen molar-refractivity contribution in [1.82, 2.24) is 10.6 Å². The fourth-order valence-electron chi connectivity index (χ4n) is 3.38. The van der Waals surface area contributed by atoms with Crippen LogP contribution in [0.4, 0.5) is 0 Å². The SMILES string of the molecule is CCNC(=NCc1sccc1C)NCC1(CCO)CCCCC1.I. The first-order valence-electron chi connectivity index (χ1n) is 8.85. The summed E-state index contributed by atoms with van der Waals surface area (Å²) in [5.41, 5.74) is 1.56. The fourth-order valence-corrected chi connectivity index (χ4v) is 4.21. The van der Waals surface area contributed by atoms with Gasteiger partial charge in [0.25, 0.3) is 0 Å². The summed E-state index contributed by atoms with van der Waals surface area (Å²) in [6.45, 7) is 7.01. The lowest BCUT2D eigenvalue weighted by molar-refractivity contribution is 0.131. The maximum atomic E-state index is 9.44. The number of aliphatic imine (C=N–C) groups is 1. The Hall–Kier alpha value is -0.340. The van der Waals surface area contributed by atoms with Crippen molar-refractivity contribution in [3.05, 3.63) is 21.9 Å². The van der Waals surface area contributed by atoms with Crippen molar-refractivity contribution in [3.8, 4) is 0 Å². The van der Waals surface area contributed by atoms with Crippen molar-refractivity contribution >= 4 is 41.3 Å². The van der Waals surface area contributed by atoms with E-state index in [1.165, 1.54) is 42.5 Å². The number of hydrogen-bond acceptors (Lipinski definition) is 3. The van der Waals surface area contributed by atoms with Crippen LogP contribution in [0.25, 0.3) is 0 Å². The molecule has 1 aliphatic rings. The molecule has 0 unspecified atom stereocenters. The highest BCUT2D eigenvalue weighted by Crippen LogP contribution is 2.38. The molecular formula is C18H32IN3OS. The maximum Gasteiger partial charge on any atom is 0.191 e. The molecule has 1 aliphatic carbocycles. The molecule has 1 fully saturated rings. The number of nitrogens with one attached hydrogen (secondary N) is 2. The first-order chi connectivity index (χ1) is 11.2. The van der Waals surface area contributed by atoms with Gasteiger partial charge in [0.1, 0.15) is 0 Å². The molecule has 1 aromatic heterocycles. The molecule has 138 valence electrons. The fraction of sp³-hybridized carbons (Fsp3) is 0.722. The molecule has 4 nitrogen and oxygen atoms in total. The van der Waals surface area contributed by atoms with Crippen LogP contribution >= 0.6 is 35.3 Å². The summed E-state index contributed by atoms with van der Waals surface area (Å²) < 4.78 is 0. The Balaban J connectivity index is 0.00000288. The Morgan fingerprint density at radius 3 is 2.62 bits per heavy atom. The van der Waals surface area contributed by atoms with E-state index in [0.717, 1.165) is 32.0 Å². The second kappa shape index (κ2) is 11.3. The third-order valence-electron chi connectivity index (χ3n) is 4.88. The average molecular weight is 465 g/mol. The number of guanidine groups is 1. The lowest BCUT2D eigenvalue weighted by Crippen LogP contribution is -2.44. The predicted octanol–water partition coefficient (Wildman–Crippen LogP) is 4.06. The number of aryl methyl sites for hydroxylation is 1. The van der Waals surface area contributed by atoms with E-state index in [4.69, 9.17) is 4.99 Å². The van der Waals surface area contributed by atoms with E-state index in [1.807, 2.05) is 0 Å². The number of nitrogens with zero attached hydrogens (tertiary/aromatic N) is 1. The van der Waals surface area contributed by atoms with Crippen LogP contribution in [0.2, 0.25) is 0 Å². The molecule has 0 radical (unpaired) electrons. The van der Waals surface area contributed by atoms with Crippen molar-refractivity contribution in [3.63, 3.8) is 0 Å². The summed E-state index contributed by atoms with van der Waals surface area (Å²) in [7, 11) is 0. The molecule has 1 saturated carbocycles. The van der Waals surface area contributed by atoms with E-state index in [9.17, 15) is 5.11 Å². The maximum absolute atomic E-state index is 9.44. The topological polar surface area (TPSA) is 56.7 Å². The molecule has 2 rings (SSSR count). The minimum atomic E-state index is 0. The summed E-state index contributed by atoms with van der Waals surface area (Å²) in [5.74, 6) is 0.892. The van der Waals surface area contributed by atoms with Crippen LogP contribution < -0.4 is 10.6 Å². The van der Waals surface area contributed by atoms with E-state index in [2.05, 4.69) is 35.9 Å². The van der Waals surface area contributed by atoms with Gasteiger partial charge in [-0.2, -0.15) is 0 Å². The van der Waals surface area contributed by atoms with Gasteiger partial charge in [0.05, 0.1) is 6.54 Å². The highest BCUT2D eigenvalue weighted by Gasteiger charge is 2.31. The molecule has 6 heteroatoms. The lowest BCUT2D eigenvalue weighted by Gasteiger charge is -2.37. The number of hydrogen-bond donors (Lipinski definition) is 3. The van der Waals surface area contributed by atoms with E-state index in [0.29, 0.717) is 0 Å². The monoisotopic (exact) mass is 465 g/mol. The molecule has 0 amide bonds. The van der Waals surface area contributed by atoms with E-state index < -0.39 is 0 Å². The highest BCUT2D eigenvalue weighted by molar-refractivity contribution is 14.0. The van der Waals surface area contributed by atoms with E-state index >= 15 is 0 Å². The Kier molecular flexibility index (Phi) is 10.2. The first-order valence-corrected chi connectivity index (χ1v) is 9.73. The second-order valence-electron chi connectivity index (χ2n) is 6.61. The highest BCUT2D eigenvalue weighted by atomic mass is 127. The number of thiophene rings is 1. The van der Waals surface area contributed by atoms with Gasteiger partial charge >= 0.3 is 0 Å². The summed E-state index contributed by atoms with van der Waals surface area (Å²) in [6, 6.07) is 2.15. The Labute approximate surface area is 167 Å². The van der Waals surface area contributed by atoms with Crippen molar-refractivity contribution < 1.29 is 5.11 Å². The van der Waals surface area contributed by atoms with Gasteiger partial charge in [0, 0.05) is 24.6 Å². The molecule has 0 saturated heterocycles. The third-order valence-corrected chi connectivity index (χ3v) is 5.89. The normalized spacial score (nSPS) is 17.2. The number of aliphatic hydroxyl groups is 1. The van der Waals surface area contributed by atoms with Gasteiger partial charge in [-0.25, -0.2) is 4.99 Å². The quantitative estimate of drug-likeness (QED) is 0.324. The van der Waals surface area contributed by atoms with Crippen molar-refractivity contribution in [2.24, 2.45) is 10.4 Å². The van der Waals surface area contributed by atoms with Gasteiger partial charge < -0.3 is 15.7 Å². The van der Waals surface area contributed by atoms with Crippen molar-refractivity contribution in [1.29, 1.82) is 0 Å². The predicted molar refractivity (Wildman–Crippen MR) is 115 cm³/mol. The zero-order chi connectivity index (χ0) is 16.5. The van der Waals surface area contributed by atoms with Crippen LogP contribution in [0, 0.1) is 12.3 Å². The average Bonchev–Trinajstić information content (AvgIpc) is 2.96. The van der Waals surface area contributed by atoms with Gasteiger partial charge in [-0.15, -0.1) is 35.3 Å². The van der Waals surface area contributed by atoms with Crippen LogP contribution in [0.1, 0.15) is 55.9 Å². The number of rotatable bonds is 7. The summed E-state index contributed by atoms with van der Waals surface area (Å²) in [4.78, 5) is 6.06. The molecule has 24 heavy (non-hydrogen) atoms. The van der Waals surface area contributed by atoms with Gasteiger partial charge in [0.2, 0.25) is 0 Å². The van der Waals surface area contributed by atoms with Crippen molar-refractivity contribution in [2.45, 2.75) is 58.9 Å². The lowest BCUT2D eigenvalue weighted by atomic mass is 9.72. The Bertz CT molecular complexity index is 493. The van der Waals surface area contributed by atoms with Gasteiger partial charge in [-0.3, -0.25) is 0 Å². The Morgan fingerprint density at radius 2 is 2.04 bits per heavy atom. The number of halogens is 1. The van der Waals surface area contributed by atoms with Crippen LogP contribution in [0.5, 0.6) is 0 Å². The molecule has 0 aliphatic heterocycles. The van der Waals surface area contributed by atoms with Crippen LogP contribution in [0.15, 0.2) is 16.4 Å². The third kappa shape index (κ3) is 6.52. The summed E-state index contributed by atoms with van der Waals surface area (Å²) in [6.07, 6.45) is 7.21. The largest absolute Gasteiger partial charge is 0.396 e. The van der Waals surface area contributed by atoms with Crippen LogP contribution in [0.3, 0.4) is 0 Å². The first kappa shape index (κ1) is 21.7. The molecule has 0 spiro atoms. The zero-order valence-corrected chi connectivity index (χ0v) is 18.1.